The smallest absolute Gasteiger partial charge is 0.315 e. The van der Waals surface area contributed by atoms with Gasteiger partial charge in [-0.05, 0) is 57.9 Å². The fraction of sp³-hybridized carbons (Fsp3) is 0.409. The first kappa shape index (κ1) is 21.3. The standard InChI is InChI=1S/C22H29BrN2O2/c1-16-7-5-8-17(13-16)15-25-21(26)24-11-6-12-27-20-10-9-18(14-19(20)23)22(2,3)4/h5,7-10,13-14H,6,11-12,15H2,1-4H3,(H2,24,25,26). The lowest BCUT2D eigenvalue weighted by molar-refractivity contribution is 0.238. The molecule has 0 radical (unpaired) electrons. The molecule has 0 heterocycles. The first-order valence-electron chi connectivity index (χ1n) is 9.26. The molecule has 0 aliphatic rings. The van der Waals surface area contributed by atoms with Gasteiger partial charge in [0.15, 0.2) is 0 Å². The van der Waals surface area contributed by atoms with Crippen LogP contribution in [0.15, 0.2) is 46.9 Å². The van der Waals surface area contributed by atoms with Crippen LogP contribution in [0.2, 0.25) is 0 Å². The molecular weight excluding hydrogens is 404 g/mol. The van der Waals surface area contributed by atoms with Crippen LogP contribution in [0.3, 0.4) is 0 Å². The van der Waals surface area contributed by atoms with E-state index in [9.17, 15) is 4.79 Å². The van der Waals surface area contributed by atoms with E-state index in [0.717, 1.165) is 22.2 Å². The third kappa shape index (κ3) is 7.25. The van der Waals surface area contributed by atoms with E-state index in [1.807, 2.05) is 31.2 Å². The van der Waals surface area contributed by atoms with E-state index in [-0.39, 0.29) is 11.4 Å². The van der Waals surface area contributed by atoms with E-state index in [1.54, 1.807) is 0 Å². The Morgan fingerprint density at radius 1 is 1.11 bits per heavy atom. The molecule has 0 saturated heterocycles. The summed E-state index contributed by atoms with van der Waals surface area (Å²) in [5, 5.41) is 5.72. The number of hydrogen-bond acceptors (Lipinski definition) is 2. The van der Waals surface area contributed by atoms with E-state index in [1.165, 1.54) is 11.1 Å². The van der Waals surface area contributed by atoms with Gasteiger partial charge in [-0.1, -0.05) is 56.7 Å². The lowest BCUT2D eigenvalue weighted by atomic mass is 9.87. The lowest BCUT2D eigenvalue weighted by Gasteiger charge is -2.20. The highest BCUT2D eigenvalue weighted by atomic mass is 79.9. The van der Waals surface area contributed by atoms with Crippen LogP contribution in [-0.2, 0) is 12.0 Å². The van der Waals surface area contributed by atoms with E-state index < -0.39 is 0 Å². The zero-order valence-electron chi connectivity index (χ0n) is 16.6. The first-order valence-corrected chi connectivity index (χ1v) is 10.0. The fourth-order valence-electron chi connectivity index (χ4n) is 2.61. The van der Waals surface area contributed by atoms with Crippen LogP contribution in [0.25, 0.3) is 0 Å². The fourth-order valence-corrected chi connectivity index (χ4v) is 3.10. The molecule has 0 saturated carbocycles. The summed E-state index contributed by atoms with van der Waals surface area (Å²) in [7, 11) is 0. The van der Waals surface area contributed by atoms with Gasteiger partial charge in [-0.2, -0.15) is 0 Å². The summed E-state index contributed by atoms with van der Waals surface area (Å²) in [5.41, 5.74) is 3.65. The molecule has 0 aliphatic heterocycles. The number of halogens is 1. The number of carbonyl (C=O) groups is 1. The van der Waals surface area contributed by atoms with Crippen LogP contribution in [-0.4, -0.2) is 19.2 Å². The molecule has 2 amide bonds. The van der Waals surface area contributed by atoms with Crippen molar-refractivity contribution >= 4 is 22.0 Å². The Hall–Kier alpha value is -2.01. The van der Waals surface area contributed by atoms with Crippen LogP contribution >= 0.6 is 15.9 Å². The quantitative estimate of drug-likeness (QED) is 0.581. The second kappa shape index (κ2) is 9.79. The normalized spacial score (nSPS) is 11.1. The summed E-state index contributed by atoms with van der Waals surface area (Å²) in [6, 6.07) is 14.1. The van der Waals surface area contributed by atoms with E-state index in [0.29, 0.717) is 19.7 Å². The molecule has 2 N–H and O–H groups in total. The molecule has 5 heteroatoms. The minimum Gasteiger partial charge on any atom is -0.492 e. The molecule has 2 aromatic rings. The number of aryl methyl sites for hydroxylation is 1. The molecular formula is C22H29BrN2O2. The molecule has 146 valence electrons. The Labute approximate surface area is 170 Å². The highest BCUT2D eigenvalue weighted by Gasteiger charge is 2.15. The summed E-state index contributed by atoms with van der Waals surface area (Å²) < 4.78 is 6.77. The van der Waals surface area contributed by atoms with Crippen LogP contribution in [0.4, 0.5) is 4.79 Å². The van der Waals surface area contributed by atoms with Crippen LogP contribution in [0.1, 0.15) is 43.9 Å². The molecule has 0 bridgehead atoms. The molecule has 2 aromatic carbocycles. The minimum atomic E-state index is -0.160. The minimum absolute atomic E-state index is 0.108. The maximum Gasteiger partial charge on any atom is 0.315 e. The summed E-state index contributed by atoms with van der Waals surface area (Å²) >= 11 is 3.58. The summed E-state index contributed by atoms with van der Waals surface area (Å²) in [4.78, 5) is 11.8. The van der Waals surface area contributed by atoms with Crippen molar-refractivity contribution in [3.63, 3.8) is 0 Å². The number of hydrogen-bond donors (Lipinski definition) is 2. The number of nitrogens with one attached hydrogen (secondary N) is 2. The van der Waals surface area contributed by atoms with Gasteiger partial charge in [0.1, 0.15) is 5.75 Å². The lowest BCUT2D eigenvalue weighted by Crippen LogP contribution is -2.36. The van der Waals surface area contributed by atoms with Gasteiger partial charge in [0.2, 0.25) is 0 Å². The Kier molecular flexibility index (Phi) is 7.72. The number of carbonyl (C=O) groups excluding carboxylic acids is 1. The molecule has 0 aromatic heterocycles. The molecule has 4 nitrogen and oxygen atoms in total. The molecule has 0 fully saturated rings. The average Bonchev–Trinajstić information content (AvgIpc) is 2.60. The average molecular weight is 433 g/mol. The Morgan fingerprint density at radius 3 is 2.56 bits per heavy atom. The monoisotopic (exact) mass is 432 g/mol. The van der Waals surface area contributed by atoms with Gasteiger partial charge < -0.3 is 15.4 Å². The van der Waals surface area contributed by atoms with Crippen molar-refractivity contribution in [3.8, 4) is 5.75 Å². The predicted octanol–water partition coefficient (Wildman–Crippen LogP) is 5.32. The van der Waals surface area contributed by atoms with Crippen LogP contribution in [0, 0.1) is 6.92 Å². The summed E-state index contributed by atoms with van der Waals surface area (Å²) in [5.74, 6) is 0.826. The van der Waals surface area contributed by atoms with Gasteiger partial charge in [0.25, 0.3) is 0 Å². The van der Waals surface area contributed by atoms with Gasteiger partial charge in [-0.15, -0.1) is 0 Å². The third-order valence-corrected chi connectivity index (χ3v) is 4.82. The Morgan fingerprint density at radius 2 is 1.89 bits per heavy atom. The van der Waals surface area contributed by atoms with Gasteiger partial charge >= 0.3 is 6.03 Å². The number of urea groups is 1. The topological polar surface area (TPSA) is 50.4 Å². The Balaban J connectivity index is 1.66. The maximum atomic E-state index is 11.8. The van der Waals surface area contributed by atoms with Crippen molar-refractivity contribution in [2.75, 3.05) is 13.2 Å². The van der Waals surface area contributed by atoms with E-state index >= 15 is 0 Å². The van der Waals surface area contributed by atoms with Crippen molar-refractivity contribution in [2.24, 2.45) is 0 Å². The number of benzene rings is 2. The van der Waals surface area contributed by atoms with Gasteiger partial charge in [0, 0.05) is 13.1 Å². The second-order valence-corrected chi connectivity index (χ2v) is 8.55. The molecule has 2 rings (SSSR count). The third-order valence-electron chi connectivity index (χ3n) is 4.20. The highest BCUT2D eigenvalue weighted by Crippen LogP contribution is 2.31. The molecule has 0 aliphatic carbocycles. The van der Waals surface area contributed by atoms with Crippen LogP contribution in [0.5, 0.6) is 5.75 Å². The van der Waals surface area contributed by atoms with Crippen molar-refractivity contribution < 1.29 is 9.53 Å². The SMILES string of the molecule is Cc1cccc(CNC(=O)NCCCOc2ccc(C(C)(C)C)cc2Br)c1. The molecule has 27 heavy (non-hydrogen) atoms. The van der Waals surface area contributed by atoms with Crippen molar-refractivity contribution in [3.05, 3.63) is 63.6 Å². The van der Waals surface area contributed by atoms with Gasteiger partial charge in [0.05, 0.1) is 11.1 Å². The number of amides is 2. The maximum absolute atomic E-state index is 11.8. The zero-order valence-corrected chi connectivity index (χ0v) is 18.2. The Bertz CT molecular complexity index is 769. The van der Waals surface area contributed by atoms with Gasteiger partial charge in [-0.3, -0.25) is 0 Å². The van der Waals surface area contributed by atoms with Crippen molar-refractivity contribution in [2.45, 2.75) is 46.1 Å². The molecule has 0 spiro atoms. The zero-order chi connectivity index (χ0) is 19.9. The van der Waals surface area contributed by atoms with Crippen LogP contribution < -0.4 is 15.4 Å². The first-order chi connectivity index (χ1) is 12.8. The largest absolute Gasteiger partial charge is 0.492 e. The van der Waals surface area contributed by atoms with E-state index in [2.05, 4.69) is 65.5 Å². The number of ether oxygens (including phenoxy) is 1. The second-order valence-electron chi connectivity index (χ2n) is 7.70. The number of rotatable bonds is 7. The van der Waals surface area contributed by atoms with Crippen molar-refractivity contribution in [1.82, 2.24) is 10.6 Å². The molecule has 0 atom stereocenters. The molecule has 0 unspecified atom stereocenters. The van der Waals surface area contributed by atoms with Gasteiger partial charge in [-0.25, -0.2) is 4.79 Å². The summed E-state index contributed by atoms with van der Waals surface area (Å²) in [6.07, 6.45) is 0.741. The predicted molar refractivity (Wildman–Crippen MR) is 114 cm³/mol. The van der Waals surface area contributed by atoms with Crippen molar-refractivity contribution in [1.29, 1.82) is 0 Å². The summed E-state index contributed by atoms with van der Waals surface area (Å²) in [6.45, 7) is 10.2. The van der Waals surface area contributed by atoms with E-state index in [4.69, 9.17) is 4.74 Å². The highest BCUT2D eigenvalue weighted by molar-refractivity contribution is 9.10.